The van der Waals surface area contributed by atoms with Crippen molar-refractivity contribution < 1.29 is 36.7 Å². The molecule has 420 valence electrons. The fourth-order valence-electron chi connectivity index (χ4n) is 10.3. The maximum absolute atomic E-state index is 6.84. The van der Waals surface area contributed by atoms with Gasteiger partial charge in [-0.2, -0.15) is 0 Å². The maximum atomic E-state index is 6.84. The highest BCUT2D eigenvalue weighted by Crippen LogP contribution is 2.47. The van der Waals surface area contributed by atoms with Crippen LogP contribution in [0.3, 0.4) is 0 Å². The summed E-state index contributed by atoms with van der Waals surface area (Å²) in [6.45, 7) is 36.3. The van der Waals surface area contributed by atoms with Gasteiger partial charge in [0.15, 0.2) is 67.8 Å². The normalized spacial score (nSPS) is 12.6. The lowest BCUT2D eigenvalue weighted by atomic mass is 9.93. The zero-order valence-electron chi connectivity index (χ0n) is 49.9. The maximum Gasteiger partial charge on any atom is 0.173 e. The zero-order chi connectivity index (χ0) is 54.0. The van der Waals surface area contributed by atoms with Gasteiger partial charge in [-0.1, -0.05) is 130 Å². The molecule has 4 aromatic rings. The van der Waals surface area contributed by atoms with Gasteiger partial charge in [-0.3, -0.25) is 0 Å². The third-order valence-electron chi connectivity index (χ3n) is 13.7. The number of fused-ring (bicyclic) bond motifs is 6. The SMILES string of the molecule is CCCCCCOc1cc2c(cc1OCCCCCC)c1cc(OCCCCC[Si](C)(C)O[Si](C)(C)C)c(OCCCCCC)cc1c1cc(OCCCCCC)c(OCCCCC[Si](C)(C)O[Si](C)(C)C)cc21. The molecule has 0 heterocycles. The third kappa shape index (κ3) is 23.5. The Morgan fingerprint density at radius 3 is 0.622 bits per heavy atom. The van der Waals surface area contributed by atoms with Crippen LogP contribution in [0.15, 0.2) is 36.4 Å². The summed E-state index contributed by atoms with van der Waals surface area (Å²) in [5.74, 6) is 4.81. The van der Waals surface area contributed by atoms with E-state index in [9.17, 15) is 0 Å². The van der Waals surface area contributed by atoms with Crippen molar-refractivity contribution in [3.8, 4) is 34.5 Å². The minimum atomic E-state index is -1.69. The van der Waals surface area contributed by atoms with E-state index in [-0.39, 0.29) is 0 Å². The molecule has 0 aromatic heterocycles. The Bertz CT molecular complexity index is 2040. The molecule has 0 spiro atoms. The van der Waals surface area contributed by atoms with Crippen LogP contribution in [0.4, 0.5) is 0 Å². The van der Waals surface area contributed by atoms with Gasteiger partial charge >= 0.3 is 0 Å². The smallest absolute Gasteiger partial charge is 0.173 e. The highest BCUT2D eigenvalue weighted by molar-refractivity contribution is 6.84. The number of ether oxygens (including phenoxy) is 6. The molecule has 0 aliphatic heterocycles. The van der Waals surface area contributed by atoms with E-state index in [0.29, 0.717) is 39.6 Å². The van der Waals surface area contributed by atoms with E-state index in [4.69, 9.17) is 36.7 Å². The Morgan fingerprint density at radius 1 is 0.257 bits per heavy atom. The van der Waals surface area contributed by atoms with Gasteiger partial charge in [0.05, 0.1) is 39.6 Å². The molecule has 0 bridgehead atoms. The Kier molecular flexibility index (Phi) is 28.3. The number of hydrogen-bond donors (Lipinski definition) is 0. The Balaban J connectivity index is 1.87. The van der Waals surface area contributed by atoms with Crippen molar-refractivity contribution in [3.63, 3.8) is 0 Å². The molecule has 0 saturated carbocycles. The summed E-state index contributed by atoms with van der Waals surface area (Å²) in [6.07, 6.45) is 24.7. The number of unbranched alkanes of at least 4 members (excludes halogenated alkanes) is 16. The van der Waals surface area contributed by atoms with Crippen LogP contribution in [0.2, 0.25) is 77.6 Å². The number of hydrogen-bond acceptors (Lipinski definition) is 8. The largest absolute Gasteiger partial charge is 0.490 e. The lowest BCUT2D eigenvalue weighted by Crippen LogP contribution is -2.42. The van der Waals surface area contributed by atoms with Gasteiger partial charge in [0.25, 0.3) is 0 Å². The molecule has 12 heteroatoms. The molecule has 0 amide bonds. The molecule has 0 fully saturated rings. The highest BCUT2D eigenvalue weighted by atomic mass is 28.4. The summed E-state index contributed by atoms with van der Waals surface area (Å²) < 4.78 is 54.0. The van der Waals surface area contributed by atoms with Crippen LogP contribution in [-0.2, 0) is 8.23 Å². The Hall–Kier alpha value is -2.75. The van der Waals surface area contributed by atoms with Crippen molar-refractivity contribution >= 4 is 65.6 Å². The van der Waals surface area contributed by atoms with Crippen molar-refractivity contribution in [2.75, 3.05) is 39.6 Å². The van der Waals surface area contributed by atoms with Crippen molar-refractivity contribution in [2.24, 2.45) is 0 Å². The minimum absolute atomic E-state index is 0.630. The monoisotopic (exact) mass is 1090 g/mol. The van der Waals surface area contributed by atoms with E-state index in [1.54, 1.807) is 0 Å². The average Bonchev–Trinajstić information content (AvgIpc) is 3.32. The third-order valence-corrected chi connectivity index (χ3v) is 26.1. The first kappa shape index (κ1) is 63.8. The van der Waals surface area contributed by atoms with Gasteiger partial charge in [0.1, 0.15) is 0 Å². The van der Waals surface area contributed by atoms with Gasteiger partial charge in [-0.25, -0.2) is 0 Å². The molecular formula is C62H108O8Si4. The van der Waals surface area contributed by atoms with Crippen LogP contribution in [0.25, 0.3) is 32.3 Å². The number of rotatable bonds is 42. The van der Waals surface area contributed by atoms with Crippen LogP contribution in [-0.4, -0.2) is 72.9 Å². The molecule has 4 rings (SSSR count). The van der Waals surface area contributed by atoms with E-state index in [0.717, 1.165) is 157 Å². The van der Waals surface area contributed by atoms with Gasteiger partial charge in [0, 0.05) is 0 Å². The molecule has 8 nitrogen and oxygen atoms in total. The van der Waals surface area contributed by atoms with E-state index in [1.165, 1.54) is 63.5 Å². The Labute approximate surface area is 456 Å². The summed E-state index contributed by atoms with van der Waals surface area (Å²) in [5.41, 5.74) is 0. The van der Waals surface area contributed by atoms with Gasteiger partial charge in [0.2, 0.25) is 0 Å². The highest BCUT2D eigenvalue weighted by Gasteiger charge is 2.30. The van der Waals surface area contributed by atoms with Crippen molar-refractivity contribution in [1.29, 1.82) is 0 Å². The molecule has 0 unspecified atom stereocenters. The second-order valence-electron chi connectivity index (χ2n) is 24.4. The molecule has 74 heavy (non-hydrogen) atoms. The second kappa shape index (κ2) is 32.9. The van der Waals surface area contributed by atoms with Gasteiger partial charge < -0.3 is 36.7 Å². The molecule has 4 aromatic carbocycles. The van der Waals surface area contributed by atoms with E-state index >= 15 is 0 Å². The van der Waals surface area contributed by atoms with Crippen LogP contribution in [0.1, 0.15) is 169 Å². The molecule has 0 atom stereocenters. The quantitative estimate of drug-likeness (QED) is 0.0247. The van der Waals surface area contributed by atoms with E-state index in [2.05, 4.69) is 130 Å². The van der Waals surface area contributed by atoms with Gasteiger partial charge in [-0.05, 0) is 185 Å². The van der Waals surface area contributed by atoms with Crippen LogP contribution >= 0.6 is 0 Å². The molecule has 0 aliphatic carbocycles. The average molecular weight is 1090 g/mol. The van der Waals surface area contributed by atoms with Crippen molar-refractivity contribution in [2.45, 2.75) is 247 Å². The van der Waals surface area contributed by atoms with Crippen LogP contribution in [0.5, 0.6) is 34.5 Å². The molecule has 0 N–H and O–H groups in total. The first-order valence-corrected chi connectivity index (χ1v) is 43.1. The molecule has 0 saturated heterocycles. The summed E-state index contributed by atoms with van der Waals surface area (Å²) in [4.78, 5) is 0. The topological polar surface area (TPSA) is 73.8 Å². The molecule has 0 aliphatic rings. The fourth-order valence-corrected chi connectivity index (χ4v) is 26.6. The summed E-state index contributed by atoms with van der Waals surface area (Å²) in [5, 5.41) is 6.64. The first-order chi connectivity index (χ1) is 35.3. The summed E-state index contributed by atoms with van der Waals surface area (Å²) in [6, 6.07) is 15.9. The molecular weight excluding hydrogens is 985 g/mol. The first-order valence-electron chi connectivity index (χ1n) is 30.0. The minimum Gasteiger partial charge on any atom is -0.490 e. The predicted octanol–water partition coefficient (Wildman–Crippen LogP) is 20.2. The van der Waals surface area contributed by atoms with Crippen molar-refractivity contribution in [3.05, 3.63) is 36.4 Å². The van der Waals surface area contributed by atoms with Crippen LogP contribution in [0, 0.1) is 0 Å². The number of benzene rings is 4. The second-order valence-corrected chi connectivity index (χ2v) is 42.6. The van der Waals surface area contributed by atoms with E-state index in [1.807, 2.05) is 0 Å². The summed E-state index contributed by atoms with van der Waals surface area (Å²) >= 11 is 0. The summed E-state index contributed by atoms with van der Waals surface area (Å²) in [7, 11) is -6.53. The lowest BCUT2D eigenvalue weighted by Gasteiger charge is -2.31. The molecule has 0 radical (unpaired) electrons. The fraction of sp³-hybridized carbons (Fsp3) is 0.710. The standard InChI is InChI=1S/C62H108O8Si4/c1-15-19-23-29-37-63-57-45-51-52(46-58(57)64-38-30-24-20-16-2)56-50-62(68-42-34-28-36-44-74(13,14)70-72(8,9)10)60(66-40-32-26-22-18-4)48-54(56)53-47-59(65-39-31-25-21-17-3)61(49-55(51)53)67-41-33-27-35-43-73(11,12)69-71(5,6)7/h45-50H,15-44H2,1-14H3. The van der Waals surface area contributed by atoms with E-state index < -0.39 is 33.3 Å². The Morgan fingerprint density at radius 2 is 0.446 bits per heavy atom. The zero-order valence-corrected chi connectivity index (χ0v) is 53.9. The van der Waals surface area contributed by atoms with Gasteiger partial charge in [-0.15, -0.1) is 0 Å². The van der Waals surface area contributed by atoms with Crippen LogP contribution < -0.4 is 28.4 Å². The van der Waals surface area contributed by atoms with Crippen molar-refractivity contribution in [1.82, 2.24) is 0 Å². The lowest BCUT2D eigenvalue weighted by molar-refractivity contribution is 0.259. The predicted molar refractivity (Wildman–Crippen MR) is 330 cm³/mol.